The summed E-state index contributed by atoms with van der Waals surface area (Å²) in [5.41, 5.74) is 1.65. The van der Waals surface area contributed by atoms with Gasteiger partial charge in [-0.2, -0.15) is 0 Å². The lowest BCUT2D eigenvalue weighted by molar-refractivity contribution is -0.115. The first-order chi connectivity index (χ1) is 12.0. The minimum absolute atomic E-state index is 0.0370. The summed E-state index contributed by atoms with van der Waals surface area (Å²) in [5, 5.41) is 10.4. The van der Waals surface area contributed by atoms with Gasteiger partial charge in [-0.05, 0) is 30.3 Å². The Balaban J connectivity index is 1.79. The molecular formula is C18H12ClFN2O2S. The third-order valence-electron chi connectivity index (χ3n) is 4.02. The highest BCUT2D eigenvalue weighted by Crippen LogP contribution is 2.42. The maximum atomic E-state index is 13.4. The van der Waals surface area contributed by atoms with Gasteiger partial charge in [0.25, 0.3) is 0 Å². The van der Waals surface area contributed by atoms with Gasteiger partial charge in [-0.3, -0.25) is 9.69 Å². The van der Waals surface area contributed by atoms with Crippen LogP contribution in [0.4, 0.5) is 10.1 Å². The molecule has 0 saturated carbocycles. The predicted octanol–water partition coefficient (Wildman–Crippen LogP) is 4.51. The van der Waals surface area contributed by atoms with Crippen molar-refractivity contribution in [3.63, 3.8) is 0 Å². The van der Waals surface area contributed by atoms with Gasteiger partial charge in [0.1, 0.15) is 22.5 Å². The van der Waals surface area contributed by atoms with Crippen molar-refractivity contribution in [3.8, 4) is 5.75 Å². The third-order valence-corrected chi connectivity index (χ3v) is 5.49. The standard InChI is InChI=1S/C18H12ClFN2O2S/c19-12-8-11(5-6-13(12)20)22-16(24)9-25-18(22)14-7-4-10-2-1-3-15(23)17(10)21-14/h1-8,18,23H,9H2/t18-/m0/s1. The van der Waals surface area contributed by atoms with Gasteiger partial charge in [-0.25, -0.2) is 9.37 Å². The van der Waals surface area contributed by atoms with E-state index in [1.54, 1.807) is 17.0 Å². The number of hydrogen-bond donors (Lipinski definition) is 1. The molecule has 0 aliphatic carbocycles. The number of thioether (sulfide) groups is 1. The van der Waals surface area contributed by atoms with Gasteiger partial charge in [0.15, 0.2) is 0 Å². The number of phenols is 1. The molecule has 2 heterocycles. The van der Waals surface area contributed by atoms with E-state index in [1.807, 2.05) is 18.2 Å². The highest BCUT2D eigenvalue weighted by atomic mass is 35.5. The van der Waals surface area contributed by atoms with E-state index in [9.17, 15) is 14.3 Å². The summed E-state index contributed by atoms with van der Waals surface area (Å²) >= 11 is 7.29. The number of rotatable bonds is 2. The molecule has 4 rings (SSSR count). The van der Waals surface area contributed by atoms with E-state index >= 15 is 0 Å². The lowest BCUT2D eigenvalue weighted by atomic mass is 10.1. The second-order valence-corrected chi connectivity index (χ2v) is 7.09. The number of carbonyl (C=O) groups is 1. The third kappa shape index (κ3) is 2.81. The second-order valence-electron chi connectivity index (χ2n) is 5.61. The van der Waals surface area contributed by atoms with Gasteiger partial charge in [-0.1, -0.05) is 29.8 Å². The number of carbonyl (C=O) groups excluding carboxylic acids is 1. The number of para-hydroxylation sites is 1. The Bertz CT molecular complexity index is 998. The number of nitrogens with zero attached hydrogens (tertiary/aromatic N) is 2. The number of fused-ring (bicyclic) bond motifs is 1. The summed E-state index contributed by atoms with van der Waals surface area (Å²) in [5.74, 6) is -0.253. The van der Waals surface area contributed by atoms with Crippen LogP contribution in [-0.4, -0.2) is 21.8 Å². The number of amides is 1. The Morgan fingerprint density at radius 1 is 1.24 bits per heavy atom. The molecule has 1 atom stereocenters. The first-order valence-electron chi connectivity index (χ1n) is 7.52. The zero-order valence-electron chi connectivity index (χ0n) is 12.8. The molecule has 1 aliphatic rings. The molecule has 0 bridgehead atoms. The van der Waals surface area contributed by atoms with E-state index < -0.39 is 5.82 Å². The Morgan fingerprint density at radius 3 is 2.88 bits per heavy atom. The van der Waals surface area contributed by atoms with E-state index in [4.69, 9.17) is 11.6 Å². The molecule has 2 aromatic carbocycles. The first-order valence-corrected chi connectivity index (χ1v) is 8.94. The summed E-state index contributed by atoms with van der Waals surface area (Å²) in [4.78, 5) is 18.5. The molecule has 7 heteroatoms. The molecule has 1 N–H and O–H groups in total. The average molecular weight is 375 g/mol. The van der Waals surface area contributed by atoms with Gasteiger partial charge in [0.2, 0.25) is 5.91 Å². The molecule has 0 spiro atoms. The normalized spacial score (nSPS) is 17.4. The van der Waals surface area contributed by atoms with Gasteiger partial charge >= 0.3 is 0 Å². The van der Waals surface area contributed by atoms with Crippen LogP contribution in [0.5, 0.6) is 5.75 Å². The molecule has 1 amide bonds. The summed E-state index contributed by atoms with van der Waals surface area (Å²) < 4.78 is 13.4. The van der Waals surface area contributed by atoms with Crippen molar-refractivity contribution in [1.82, 2.24) is 4.98 Å². The number of benzene rings is 2. The Morgan fingerprint density at radius 2 is 2.08 bits per heavy atom. The maximum Gasteiger partial charge on any atom is 0.238 e. The number of halogens is 2. The highest BCUT2D eigenvalue weighted by Gasteiger charge is 2.35. The summed E-state index contributed by atoms with van der Waals surface area (Å²) in [6, 6.07) is 13.1. The summed E-state index contributed by atoms with van der Waals surface area (Å²) in [6.07, 6.45) is 0. The minimum Gasteiger partial charge on any atom is -0.506 e. The molecule has 0 radical (unpaired) electrons. The number of hydrogen-bond acceptors (Lipinski definition) is 4. The van der Waals surface area contributed by atoms with Gasteiger partial charge in [0, 0.05) is 11.1 Å². The highest BCUT2D eigenvalue weighted by molar-refractivity contribution is 8.00. The fourth-order valence-electron chi connectivity index (χ4n) is 2.84. The van der Waals surface area contributed by atoms with Crippen molar-refractivity contribution in [2.45, 2.75) is 5.37 Å². The van der Waals surface area contributed by atoms with E-state index in [-0.39, 0.29) is 22.1 Å². The molecule has 1 aliphatic heterocycles. The smallest absolute Gasteiger partial charge is 0.238 e. The number of aromatic nitrogens is 1. The van der Waals surface area contributed by atoms with Crippen molar-refractivity contribution >= 4 is 45.9 Å². The number of anilines is 1. The summed E-state index contributed by atoms with van der Waals surface area (Å²) in [6.45, 7) is 0. The van der Waals surface area contributed by atoms with Crippen LogP contribution in [0.1, 0.15) is 11.1 Å². The van der Waals surface area contributed by atoms with E-state index in [0.717, 1.165) is 5.39 Å². The Hall–Kier alpha value is -2.31. The molecule has 1 fully saturated rings. The number of aromatic hydroxyl groups is 1. The van der Waals surface area contributed by atoms with Crippen LogP contribution in [0.15, 0.2) is 48.5 Å². The first kappa shape index (κ1) is 16.2. The zero-order valence-corrected chi connectivity index (χ0v) is 14.4. The molecular weight excluding hydrogens is 363 g/mol. The molecule has 126 valence electrons. The second kappa shape index (κ2) is 6.20. The molecule has 4 nitrogen and oxygen atoms in total. The maximum absolute atomic E-state index is 13.4. The van der Waals surface area contributed by atoms with E-state index in [1.165, 1.54) is 30.0 Å². The van der Waals surface area contributed by atoms with Gasteiger partial charge < -0.3 is 5.11 Å². The van der Waals surface area contributed by atoms with Crippen LogP contribution in [0.3, 0.4) is 0 Å². The SMILES string of the molecule is O=C1CS[C@@H](c2ccc3cccc(O)c3n2)N1c1ccc(F)c(Cl)c1. The molecule has 25 heavy (non-hydrogen) atoms. The zero-order chi connectivity index (χ0) is 17.6. The molecule has 0 unspecified atom stereocenters. The average Bonchev–Trinajstić information content (AvgIpc) is 2.99. The fourth-order valence-corrected chi connectivity index (χ4v) is 4.15. The van der Waals surface area contributed by atoms with E-state index in [0.29, 0.717) is 22.7 Å². The Kier molecular flexibility index (Phi) is 4.01. The van der Waals surface area contributed by atoms with Crippen molar-refractivity contribution in [1.29, 1.82) is 0 Å². The lowest BCUT2D eigenvalue weighted by Gasteiger charge is -2.24. The predicted molar refractivity (Wildman–Crippen MR) is 97.5 cm³/mol. The quantitative estimate of drug-likeness (QED) is 0.717. The van der Waals surface area contributed by atoms with Crippen LogP contribution in [0.25, 0.3) is 10.9 Å². The largest absolute Gasteiger partial charge is 0.506 e. The molecule has 3 aromatic rings. The molecule has 1 aromatic heterocycles. The van der Waals surface area contributed by atoms with Crippen molar-refractivity contribution < 1.29 is 14.3 Å². The minimum atomic E-state index is -0.532. The van der Waals surface area contributed by atoms with Crippen LogP contribution in [0, 0.1) is 5.82 Å². The number of pyridine rings is 1. The van der Waals surface area contributed by atoms with E-state index in [2.05, 4.69) is 4.98 Å². The van der Waals surface area contributed by atoms with Crippen LogP contribution < -0.4 is 4.90 Å². The lowest BCUT2D eigenvalue weighted by Crippen LogP contribution is -2.28. The topological polar surface area (TPSA) is 53.4 Å². The number of phenolic OH excluding ortho intramolecular Hbond substituents is 1. The van der Waals surface area contributed by atoms with Gasteiger partial charge in [0.05, 0.1) is 16.5 Å². The van der Waals surface area contributed by atoms with Crippen molar-refractivity contribution in [2.75, 3.05) is 10.7 Å². The van der Waals surface area contributed by atoms with Crippen LogP contribution >= 0.6 is 23.4 Å². The molecule has 1 saturated heterocycles. The van der Waals surface area contributed by atoms with Gasteiger partial charge in [-0.15, -0.1) is 11.8 Å². The Labute approximate surface area is 152 Å². The fraction of sp³-hybridized carbons (Fsp3) is 0.111. The monoisotopic (exact) mass is 374 g/mol. The summed E-state index contributed by atoms with van der Waals surface area (Å²) in [7, 11) is 0. The van der Waals surface area contributed by atoms with Crippen molar-refractivity contribution in [2.24, 2.45) is 0 Å². The van der Waals surface area contributed by atoms with Crippen LogP contribution in [-0.2, 0) is 4.79 Å². The van der Waals surface area contributed by atoms with Crippen molar-refractivity contribution in [3.05, 3.63) is 65.1 Å². The van der Waals surface area contributed by atoms with Crippen LogP contribution in [0.2, 0.25) is 5.02 Å².